The maximum Gasteiger partial charge on any atom is 0.251 e. The van der Waals surface area contributed by atoms with Gasteiger partial charge >= 0.3 is 0 Å². The molecular weight excluding hydrogens is 327 g/mol. The number of hydrogen-bond donors (Lipinski definition) is 2. The first-order valence-electron chi connectivity index (χ1n) is 6.99. The molecule has 0 fully saturated rings. The third-order valence-electron chi connectivity index (χ3n) is 3.00. The van der Waals surface area contributed by atoms with Crippen LogP contribution in [-0.2, 0) is 0 Å². The van der Waals surface area contributed by atoms with Crippen molar-refractivity contribution < 1.29 is 14.3 Å². The van der Waals surface area contributed by atoms with E-state index in [0.29, 0.717) is 35.2 Å². The van der Waals surface area contributed by atoms with Gasteiger partial charge in [-0.2, -0.15) is 0 Å². The number of halogens is 2. The molecule has 0 bridgehead atoms. The highest BCUT2D eigenvalue weighted by Crippen LogP contribution is 2.36. The zero-order chi connectivity index (χ0) is 15.8. The lowest BCUT2D eigenvalue weighted by atomic mass is 10.1. The fraction of sp³-hybridized carbons (Fsp3) is 0.533. The van der Waals surface area contributed by atoms with Gasteiger partial charge in [0, 0.05) is 18.2 Å². The summed E-state index contributed by atoms with van der Waals surface area (Å²) in [5.74, 6) is 0.739. The van der Waals surface area contributed by atoms with E-state index in [0.717, 1.165) is 6.42 Å². The molecule has 7 heteroatoms. The highest BCUT2D eigenvalue weighted by molar-refractivity contribution is 6.32. The van der Waals surface area contributed by atoms with Gasteiger partial charge in [0.15, 0.2) is 11.5 Å². The summed E-state index contributed by atoms with van der Waals surface area (Å²) in [4.78, 5) is 12.1. The molecule has 0 aliphatic heterocycles. The minimum atomic E-state index is -0.195. The van der Waals surface area contributed by atoms with Crippen LogP contribution >= 0.6 is 24.0 Å². The molecule has 2 N–H and O–H groups in total. The fourth-order valence-corrected chi connectivity index (χ4v) is 1.91. The smallest absolute Gasteiger partial charge is 0.251 e. The largest absolute Gasteiger partial charge is 0.493 e. The quantitative estimate of drug-likeness (QED) is 0.756. The third kappa shape index (κ3) is 5.91. The summed E-state index contributed by atoms with van der Waals surface area (Å²) in [6.07, 6.45) is 0.865. The number of carbonyl (C=O) groups is 1. The Labute approximate surface area is 143 Å². The maximum atomic E-state index is 12.1. The first kappa shape index (κ1) is 20.8. The number of likely N-dealkylation sites (N-methyl/N-ethyl adjacent to an activating group) is 1. The number of benzene rings is 1. The van der Waals surface area contributed by atoms with Crippen molar-refractivity contribution in [3.63, 3.8) is 0 Å². The highest BCUT2D eigenvalue weighted by atomic mass is 35.5. The van der Waals surface area contributed by atoms with Crippen LogP contribution in [-0.4, -0.2) is 39.3 Å². The molecule has 0 heterocycles. The van der Waals surface area contributed by atoms with E-state index in [1.165, 1.54) is 7.11 Å². The number of rotatable bonds is 8. The lowest BCUT2D eigenvalue weighted by molar-refractivity contribution is 0.0950. The van der Waals surface area contributed by atoms with Crippen LogP contribution in [0.2, 0.25) is 5.02 Å². The summed E-state index contributed by atoms with van der Waals surface area (Å²) >= 11 is 6.19. The van der Waals surface area contributed by atoms with Crippen LogP contribution in [0.25, 0.3) is 0 Å². The first-order valence-corrected chi connectivity index (χ1v) is 7.37. The molecule has 0 aliphatic carbocycles. The molecule has 0 radical (unpaired) electrons. The van der Waals surface area contributed by atoms with Gasteiger partial charge < -0.3 is 20.1 Å². The summed E-state index contributed by atoms with van der Waals surface area (Å²) in [6, 6.07) is 3.42. The third-order valence-corrected chi connectivity index (χ3v) is 3.28. The van der Waals surface area contributed by atoms with E-state index in [4.69, 9.17) is 21.1 Å². The topological polar surface area (TPSA) is 59.6 Å². The van der Waals surface area contributed by atoms with Gasteiger partial charge in [-0.3, -0.25) is 4.79 Å². The average Bonchev–Trinajstić information content (AvgIpc) is 2.50. The second kappa shape index (κ2) is 10.5. The number of ether oxygens (including phenoxy) is 2. The van der Waals surface area contributed by atoms with Crippen molar-refractivity contribution in [2.24, 2.45) is 0 Å². The van der Waals surface area contributed by atoms with Crippen molar-refractivity contribution in [1.29, 1.82) is 0 Å². The molecule has 1 rings (SSSR count). The molecule has 1 atom stereocenters. The Balaban J connectivity index is 0.00000441. The Hall–Kier alpha value is -1.17. The number of amides is 1. The van der Waals surface area contributed by atoms with Crippen LogP contribution in [0.4, 0.5) is 0 Å². The van der Waals surface area contributed by atoms with Crippen molar-refractivity contribution in [2.75, 3.05) is 27.3 Å². The Morgan fingerprint density at radius 2 is 2.09 bits per heavy atom. The van der Waals surface area contributed by atoms with Crippen LogP contribution in [0.15, 0.2) is 12.1 Å². The molecule has 126 valence electrons. The Morgan fingerprint density at radius 3 is 2.64 bits per heavy atom. The lowest BCUT2D eigenvalue weighted by Crippen LogP contribution is -2.37. The summed E-state index contributed by atoms with van der Waals surface area (Å²) in [6.45, 7) is 5.06. The molecule has 1 aromatic rings. The normalized spacial score (nSPS) is 11.3. The van der Waals surface area contributed by atoms with Crippen LogP contribution < -0.4 is 20.1 Å². The Kier molecular flexibility index (Phi) is 9.98. The van der Waals surface area contributed by atoms with Crippen LogP contribution in [0.5, 0.6) is 11.5 Å². The van der Waals surface area contributed by atoms with E-state index in [1.54, 1.807) is 12.1 Å². The molecule has 22 heavy (non-hydrogen) atoms. The number of carbonyl (C=O) groups excluding carboxylic acids is 1. The summed E-state index contributed by atoms with van der Waals surface area (Å²) < 4.78 is 10.8. The van der Waals surface area contributed by atoms with Crippen LogP contribution in [0.3, 0.4) is 0 Å². The Bertz CT molecular complexity index is 484. The number of nitrogens with one attached hydrogen (secondary N) is 2. The average molecular weight is 351 g/mol. The van der Waals surface area contributed by atoms with Gasteiger partial charge in [0.25, 0.3) is 5.91 Å². The van der Waals surface area contributed by atoms with E-state index in [1.807, 2.05) is 20.9 Å². The number of hydrogen-bond acceptors (Lipinski definition) is 4. The second-order valence-corrected chi connectivity index (χ2v) is 5.14. The second-order valence-electron chi connectivity index (χ2n) is 4.74. The van der Waals surface area contributed by atoms with E-state index >= 15 is 0 Å². The van der Waals surface area contributed by atoms with E-state index in [-0.39, 0.29) is 24.4 Å². The molecule has 1 amide bonds. The zero-order valence-electron chi connectivity index (χ0n) is 13.4. The van der Waals surface area contributed by atoms with Crippen molar-refractivity contribution in [1.82, 2.24) is 10.6 Å². The minimum Gasteiger partial charge on any atom is -0.493 e. The first-order chi connectivity index (χ1) is 10.0. The van der Waals surface area contributed by atoms with E-state index in [2.05, 4.69) is 10.6 Å². The zero-order valence-corrected chi connectivity index (χ0v) is 14.9. The van der Waals surface area contributed by atoms with Crippen LogP contribution in [0.1, 0.15) is 30.6 Å². The van der Waals surface area contributed by atoms with E-state index < -0.39 is 0 Å². The van der Waals surface area contributed by atoms with Gasteiger partial charge in [-0.25, -0.2) is 0 Å². The molecule has 1 unspecified atom stereocenters. The van der Waals surface area contributed by atoms with Crippen molar-refractivity contribution >= 4 is 29.9 Å². The molecule has 0 spiro atoms. The number of methoxy groups -OCH3 is 1. The van der Waals surface area contributed by atoms with Crippen molar-refractivity contribution in [3.8, 4) is 11.5 Å². The molecule has 0 aliphatic rings. The predicted octanol–water partition coefficient (Wildman–Crippen LogP) is 2.90. The van der Waals surface area contributed by atoms with Gasteiger partial charge in [0.1, 0.15) is 0 Å². The standard InChI is InChI=1S/C15H23ClN2O3.ClH/c1-5-6-21-14-12(16)7-11(8-13(14)20-4)15(19)18-9-10(2)17-3;/h7-8,10,17H,5-6,9H2,1-4H3,(H,18,19);1H. The van der Waals surface area contributed by atoms with Crippen molar-refractivity contribution in [3.05, 3.63) is 22.7 Å². The minimum absolute atomic E-state index is 0. The SMILES string of the molecule is CCCOc1c(Cl)cc(C(=O)NCC(C)NC)cc1OC.Cl. The molecule has 0 aromatic heterocycles. The van der Waals surface area contributed by atoms with Gasteiger partial charge in [-0.15, -0.1) is 12.4 Å². The maximum absolute atomic E-state index is 12.1. The molecule has 1 aromatic carbocycles. The summed E-state index contributed by atoms with van der Waals surface area (Å²) in [7, 11) is 3.37. The molecule has 5 nitrogen and oxygen atoms in total. The monoisotopic (exact) mass is 350 g/mol. The van der Waals surface area contributed by atoms with Gasteiger partial charge in [-0.1, -0.05) is 18.5 Å². The Morgan fingerprint density at radius 1 is 1.41 bits per heavy atom. The summed E-state index contributed by atoms with van der Waals surface area (Å²) in [5.41, 5.74) is 0.448. The molecular formula is C15H24Cl2N2O3. The highest BCUT2D eigenvalue weighted by Gasteiger charge is 2.16. The predicted molar refractivity (Wildman–Crippen MR) is 91.9 cm³/mol. The fourth-order valence-electron chi connectivity index (χ4n) is 1.65. The van der Waals surface area contributed by atoms with Crippen molar-refractivity contribution in [2.45, 2.75) is 26.3 Å². The van der Waals surface area contributed by atoms with Gasteiger partial charge in [0.05, 0.1) is 18.7 Å². The lowest BCUT2D eigenvalue weighted by Gasteiger charge is -2.15. The van der Waals surface area contributed by atoms with E-state index in [9.17, 15) is 4.79 Å². The molecule has 0 saturated heterocycles. The molecule has 0 saturated carbocycles. The van der Waals surface area contributed by atoms with Gasteiger partial charge in [0.2, 0.25) is 0 Å². The summed E-state index contributed by atoms with van der Waals surface area (Å²) in [5, 5.41) is 6.26. The van der Waals surface area contributed by atoms with Gasteiger partial charge in [-0.05, 0) is 32.5 Å². The van der Waals surface area contributed by atoms with Crippen LogP contribution in [0, 0.1) is 0 Å².